The molecule has 124 valence electrons. The predicted octanol–water partition coefficient (Wildman–Crippen LogP) is 3.31. The highest BCUT2D eigenvalue weighted by Gasteiger charge is 2.20. The quantitative estimate of drug-likeness (QED) is 0.845. The molecule has 1 aromatic heterocycles. The van der Waals surface area contributed by atoms with Crippen molar-refractivity contribution in [2.45, 2.75) is 26.8 Å². The third-order valence-electron chi connectivity index (χ3n) is 4.11. The average Bonchev–Trinajstić information content (AvgIpc) is 2.62. The van der Waals surface area contributed by atoms with Crippen LogP contribution in [0.1, 0.15) is 30.7 Å². The van der Waals surface area contributed by atoms with E-state index in [4.69, 9.17) is 14.7 Å². The van der Waals surface area contributed by atoms with Crippen molar-refractivity contribution in [2.75, 3.05) is 24.7 Å². The van der Waals surface area contributed by atoms with E-state index >= 15 is 0 Å². The highest BCUT2D eigenvalue weighted by molar-refractivity contribution is 5.53. The number of nitrogens with zero attached hydrogens (tertiary/aromatic N) is 3. The summed E-state index contributed by atoms with van der Waals surface area (Å²) in [5.74, 6) is 1.63. The van der Waals surface area contributed by atoms with Gasteiger partial charge in [0.25, 0.3) is 0 Å². The Morgan fingerprint density at radius 3 is 2.42 bits per heavy atom. The molecule has 0 saturated heterocycles. The Morgan fingerprint density at radius 1 is 1.12 bits per heavy atom. The van der Waals surface area contributed by atoms with Crippen molar-refractivity contribution in [1.82, 2.24) is 4.98 Å². The maximum atomic E-state index is 8.87. The molecule has 0 unspecified atom stereocenters. The minimum Gasteiger partial charge on any atom is -0.490 e. The smallest absolute Gasteiger partial charge is 0.161 e. The van der Waals surface area contributed by atoms with Gasteiger partial charge in [-0.25, -0.2) is 4.98 Å². The lowest BCUT2D eigenvalue weighted by molar-refractivity contribution is 0.287. The van der Waals surface area contributed by atoms with Gasteiger partial charge in [-0.1, -0.05) is 0 Å². The highest BCUT2D eigenvalue weighted by atomic mass is 16.5. The molecule has 0 bridgehead atoms. The summed E-state index contributed by atoms with van der Waals surface area (Å²) in [6.07, 6.45) is 2.71. The van der Waals surface area contributed by atoms with Crippen molar-refractivity contribution in [3.63, 3.8) is 0 Å². The largest absolute Gasteiger partial charge is 0.490 e. The number of hydrogen-bond acceptors (Lipinski definition) is 5. The molecular formula is C19H21N3O2. The van der Waals surface area contributed by atoms with Crippen LogP contribution in [0.25, 0.3) is 0 Å². The first-order valence-corrected chi connectivity index (χ1v) is 8.27. The second-order valence-corrected chi connectivity index (χ2v) is 5.62. The van der Waals surface area contributed by atoms with Crippen molar-refractivity contribution < 1.29 is 9.47 Å². The topological polar surface area (TPSA) is 58.4 Å². The number of rotatable bonds is 5. The maximum absolute atomic E-state index is 8.87. The van der Waals surface area contributed by atoms with E-state index in [0.717, 1.165) is 36.7 Å². The average molecular weight is 323 g/mol. The van der Waals surface area contributed by atoms with Gasteiger partial charge in [0.1, 0.15) is 11.8 Å². The van der Waals surface area contributed by atoms with Crippen molar-refractivity contribution in [1.29, 1.82) is 5.26 Å². The zero-order valence-corrected chi connectivity index (χ0v) is 14.1. The second-order valence-electron chi connectivity index (χ2n) is 5.62. The van der Waals surface area contributed by atoms with E-state index < -0.39 is 0 Å². The van der Waals surface area contributed by atoms with Gasteiger partial charge in [-0.2, -0.15) is 5.26 Å². The van der Waals surface area contributed by atoms with Crippen molar-refractivity contribution in [2.24, 2.45) is 0 Å². The molecule has 2 heterocycles. The Kier molecular flexibility index (Phi) is 4.85. The highest BCUT2D eigenvalue weighted by Crippen LogP contribution is 2.34. The number of aromatic nitrogens is 1. The number of anilines is 1. The second kappa shape index (κ2) is 7.22. The first-order valence-electron chi connectivity index (χ1n) is 8.27. The lowest BCUT2D eigenvalue weighted by Crippen LogP contribution is -2.30. The number of hydrogen-bond donors (Lipinski definition) is 0. The van der Waals surface area contributed by atoms with E-state index in [0.29, 0.717) is 18.9 Å². The lowest BCUT2D eigenvalue weighted by Gasteiger charge is -2.31. The zero-order chi connectivity index (χ0) is 16.9. The fourth-order valence-corrected chi connectivity index (χ4v) is 2.96. The Morgan fingerprint density at radius 2 is 1.83 bits per heavy atom. The summed E-state index contributed by atoms with van der Waals surface area (Å²) < 4.78 is 11.4. The van der Waals surface area contributed by atoms with Crippen LogP contribution < -0.4 is 14.4 Å². The van der Waals surface area contributed by atoms with Crippen LogP contribution in [0.2, 0.25) is 0 Å². The Hall–Kier alpha value is -2.74. The van der Waals surface area contributed by atoms with E-state index in [2.05, 4.69) is 28.1 Å². The van der Waals surface area contributed by atoms with Crippen molar-refractivity contribution in [3.05, 3.63) is 47.3 Å². The van der Waals surface area contributed by atoms with Gasteiger partial charge in [0.15, 0.2) is 11.5 Å². The van der Waals surface area contributed by atoms with Gasteiger partial charge in [-0.3, -0.25) is 0 Å². The summed E-state index contributed by atoms with van der Waals surface area (Å²) in [6, 6.07) is 9.96. The predicted molar refractivity (Wildman–Crippen MR) is 92.5 cm³/mol. The number of nitriles is 1. The Balaban J connectivity index is 1.86. The minimum atomic E-state index is 0.441. The standard InChI is InChI=1S/C19H21N3O2/c1-3-23-18-9-14-7-8-22(13-15(14)10-19(18)24-4-2)17-6-5-16(11-20)21-12-17/h5-6,9-10,12H,3-4,7-8,13H2,1-2H3. The number of ether oxygens (including phenoxy) is 2. The summed E-state index contributed by atoms with van der Waals surface area (Å²) >= 11 is 0. The molecule has 0 N–H and O–H groups in total. The molecular weight excluding hydrogens is 302 g/mol. The third kappa shape index (κ3) is 3.28. The molecule has 1 aromatic carbocycles. The van der Waals surface area contributed by atoms with E-state index in [-0.39, 0.29) is 0 Å². The zero-order valence-electron chi connectivity index (χ0n) is 14.1. The molecule has 0 atom stereocenters. The van der Waals surface area contributed by atoms with Gasteiger partial charge < -0.3 is 14.4 Å². The van der Waals surface area contributed by atoms with Crippen molar-refractivity contribution in [3.8, 4) is 17.6 Å². The first kappa shape index (κ1) is 16.1. The monoisotopic (exact) mass is 323 g/mol. The normalized spacial score (nSPS) is 13.1. The molecule has 0 aliphatic carbocycles. The van der Waals surface area contributed by atoms with Gasteiger partial charge in [0.2, 0.25) is 0 Å². The molecule has 24 heavy (non-hydrogen) atoms. The van der Waals surface area contributed by atoms with Crippen LogP contribution in [0, 0.1) is 11.3 Å². The number of benzene rings is 1. The fraction of sp³-hybridized carbons (Fsp3) is 0.368. The molecule has 0 spiro atoms. The van der Waals surface area contributed by atoms with E-state index in [1.807, 2.05) is 19.9 Å². The van der Waals surface area contributed by atoms with E-state index in [1.54, 1.807) is 12.3 Å². The van der Waals surface area contributed by atoms with Crippen LogP contribution in [-0.4, -0.2) is 24.7 Å². The maximum Gasteiger partial charge on any atom is 0.161 e. The summed E-state index contributed by atoms with van der Waals surface area (Å²) in [5, 5.41) is 8.87. The molecule has 0 amide bonds. The number of pyridine rings is 1. The van der Waals surface area contributed by atoms with Crippen molar-refractivity contribution >= 4 is 5.69 Å². The Bertz CT molecular complexity index is 750. The van der Waals surface area contributed by atoms with Crippen LogP contribution >= 0.6 is 0 Å². The van der Waals surface area contributed by atoms with Gasteiger partial charge in [0, 0.05) is 13.1 Å². The summed E-state index contributed by atoms with van der Waals surface area (Å²) in [5.41, 5.74) is 4.03. The molecule has 0 saturated carbocycles. The van der Waals surface area contributed by atoms with Crippen LogP contribution in [0.5, 0.6) is 11.5 Å². The molecule has 5 nitrogen and oxygen atoms in total. The third-order valence-corrected chi connectivity index (χ3v) is 4.11. The fourth-order valence-electron chi connectivity index (χ4n) is 2.96. The molecule has 0 radical (unpaired) electrons. The lowest BCUT2D eigenvalue weighted by atomic mass is 9.98. The molecule has 1 aliphatic rings. The Labute approximate surface area is 142 Å². The van der Waals surface area contributed by atoms with E-state index in [9.17, 15) is 0 Å². The van der Waals surface area contributed by atoms with Crippen LogP contribution in [-0.2, 0) is 13.0 Å². The van der Waals surface area contributed by atoms with Gasteiger partial charge in [-0.05, 0) is 55.7 Å². The van der Waals surface area contributed by atoms with Crippen LogP contribution in [0.15, 0.2) is 30.5 Å². The molecule has 0 fully saturated rings. The van der Waals surface area contributed by atoms with Gasteiger partial charge in [0.05, 0.1) is 25.1 Å². The SMILES string of the molecule is CCOc1cc2c(cc1OCC)CN(c1ccc(C#N)nc1)CC2. The summed E-state index contributed by atoms with van der Waals surface area (Å²) in [4.78, 5) is 6.44. The minimum absolute atomic E-state index is 0.441. The summed E-state index contributed by atoms with van der Waals surface area (Å²) in [6.45, 7) is 6.91. The number of fused-ring (bicyclic) bond motifs is 1. The summed E-state index contributed by atoms with van der Waals surface area (Å²) in [7, 11) is 0. The molecule has 2 aromatic rings. The van der Waals surface area contributed by atoms with Crippen LogP contribution in [0.4, 0.5) is 5.69 Å². The molecule has 3 rings (SSSR count). The van der Waals surface area contributed by atoms with Crippen LogP contribution in [0.3, 0.4) is 0 Å². The van der Waals surface area contributed by atoms with E-state index in [1.165, 1.54) is 11.1 Å². The molecule has 1 aliphatic heterocycles. The first-order chi connectivity index (χ1) is 11.7. The van der Waals surface area contributed by atoms with Gasteiger partial charge in [-0.15, -0.1) is 0 Å². The van der Waals surface area contributed by atoms with Gasteiger partial charge >= 0.3 is 0 Å². The molecule has 5 heteroatoms.